The second-order valence-corrected chi connectivity index (χ2v) is 6.36. The third-order valence-corrected chi connectivity index (χ3v) is 2.78. The van der Waals surface area contributed by atoms with Gasteiger partial charge >= 0.3 is 18.0 Å². The number of hydrogen-bond acceptors (Lipinski definition) is 6. The normalized spacial score (nSPS) is 12.0. The summed E-state index contributed by atoms with van der Waals surface area (Å²) in [7, 11) is 0. The quantitative estimate of drug-likeness (QED) is 0.284. The zero-order valence-corrected chi connectivity index (χ0v) is 15.1. The van der Waals surface area contributed by atoms with Crippen LogP contribution in [0.1, 0.15) is 47.0 Å². The lowest BCUT2D eigenvalue weighted by Crippen LogP contribution is -2.34. The Hall–Kier alpha value is -2.05. The molecule has 0 saturated heterocycles. The molecular weight excluding hydrogens is 314 g/mol. The topological polar surface area (TPSA) is 90.9 Å². The van der Waals surface area contributed by atoms with Gasteiger partial charge < -0.3 is 19.5 Å². The maximum atomic E-state index is 11.8. The van der Waals surface area contributed by atoms with E-state index in [9.17, 15) is 14.4 Å². The van der Waals surface area contributed by atoms with Gasteiger partial charge in [0.05, 0.1) is 12.5 Å². The maximum absolute atomic E-state index is 11.8. The average Bonchev–Trinajstić information content (AvgIpc) is 2.47. The standard InChI is InChI=1S/C17H29NO6/c1-6-11-22-14(19)8-7-12-23-15(20)13(2)9-10-18-16(21)24-17(3,4)5/h6,13H,1,7-12H2,2-5H3,(H,18,21). The minimum absolute atomic E-state index is 0.159. The number of carbonyl (C=O) groups excluding carboxylic acids is 3. The molecule has 0 fully saturated rings. The molecular formula is C17H29NO6. The Morgan fingerprint density at radius 2 is 1.88 bits per heavy atom. The van der Waals surface area contributed by atoms with Gasteiger partial charge in [-0.1, -0.05) is 19.6 Å². The van der Waals surface area contributed by atoms with Crippen molar-refractivity contribution in [1.82, 2.24) is 5.32 Å². The molecule has 0 aliphatic rings. The molecule has 0 aliphatic carbocycles. The Kier molecular flexibility index (Phi) is 10.5. The van der Waals surface area contributed by atoms with Crippen LogP contribution in [-0.2, 0) is 23.8 Å². The van der Waals surface area contributed by atoms with E-state index in [1.807, 2.05) is 0 Å². The van der Waals surface area contributed by atoms with Crippen molar-refractivity contribution in [2.45, 2.75) is 52.6 Å². The number of ether oxygens (including phenoxy) is 3. The predicted molar refractivity (Wildman–Crippen MR) is 89.4 cm³/mol. The second-order valence-electron chi connectivity index (χ2n) is 6.36. The number of carbonyl (C=O) groups is 3. The number of rotatable bonds is 10. The first kappa shape index (κ1) is 21.9. The minimum atomic E-state index is -0.554. The van der Waals surface area contributed by atoms with Gasteiger partial charge in [-0.05, 0) is 33.6 Å². The van der Waals surface area contributed by atoms with E-state index in [4.69, 9.17) is 14.2 Å². The van der Waals surface area contributed by atoms with Crippen LogP contribution in [0.15, 0.2) is 12.7 Å². The zero-order chi connectivity index (χ0) is 18.6. The smallest absolute Gasteiger partial charge is 0.407 e. The highest BCUT2D eigenvalue weighted by molar-refractivity contribution is 5.72. The molecule has 0 saturated carbocycles. The summed E-state index contributed by atoms with van der Waals surface area (Å²) in [4.78, 5) is 34.5. The van der Waals surface area contributed by atoms with Crippen LogP contribution >= 0.6 is 0 Å². The fourth-order valence-corrected chi connectivity index (χ4v) is 1.58. The first-order valence-corrected chi connectivity index (χ1v) is 8.05. The van der Waals surface area contributed by atoms with Gasteiger partial charge in [-0.15, -0.1) is 0 Å². The Labute approximate surface area is 143 Å². The molecule has 0 bridgehead atoms. The van der Waals surface area contributed by atoms with Gasteiger partial charge in [0.2, 0.25) is 0 Å². The third-order valence-electron chi connectivity index (χ3n) is 2.78. The van der Waals surface area contributed by atoms with Crippen LogP contribution in [0.2, 0.25) is 0 Å². The van der Waals surface area contributed by atoms with Crippen LogP contribution in [0.25, 0.3) is 0 Å². The predicted octanol–water partition coefficient (Wildman–Crippen LogP) is 2.59. The van der Waals surface area contributed by atoms with Crippen LogP contribution in [-0.4, -0.2) is 43.4 Å². The fourth-order valence-electron chi connectivity index (χ4n) is 1.58. The van der Waals surface area contributed by atoms with Gasteiger partial charge in [0.1, 0.15) is 12.2 Å². The lowest BCUT2D eigenvalue weighted by atomic mass is 10.1. The van der Waals surface area contributed by atoms with E-state index < -0.39 is 11.7 Å². The molecule has 0 aliphatic heterocycles. The van der Waals surface area contributed by atoms with Crippen molar-refractivity contribution >= 4 is 18.0 Å². The molecule has 1 amide bonds. The molecule has 1 unspecified atom stereocenters. The summed E-state index contributed by atoms with van der Waals surface area (Å²) >= 11 is 0. The number of esters is 2. The molecule has 0 aromatic rings. The van der Waals surface area contributed by atoms with Crippen molar-refractivity contribution in [1.29, 1.82) is 0 Å². The summed E-state index contributed by atoms with van der Waals surface area (Å²) in [5, 5.41) is 2.59. The lowest BCUT2D eigenvalue weighted by molar-refractivity contribution is -0.150. The number of nitrogens with one attached hydrogen (secondary N) is 1. The zero-order valence-electron chi connectivity index (χ0n) is 15.1. The van der Waals surface area contributed by atoms with E-state index in [0.29, 0.717) is 19.4 Å². The molecule has 1 atom stereocenters. The van der Waals surface area contributed by atoms with E-state index in [-0.39, 0.29) is 37.5 Å². The SMILES string of the molecule is C=CCOC(=O)CCCOC(=O)C(C)CCNC(=O)OC(C)(C)C. The molecule has 0 aromatic carbocycles. The number of alkyl carbamates (subject to hydrolysis) is 1. The summed E-state index contributed by atoms with van der Waals surface area (Å²) in [5.41, 5.74) is -0.554. The monoisotopic (exact) mass is 343 g/mol. The van der Waals surface area contributed by atoms with Crippen molar-refractivity contribution in [2.75, 3.05) is 19.8 Å². The Bertz CT molecular complexity index is 427. The fraction of sp³-hybridized carbons (Fsp3) is 0.706. The summed E-state index contributed by atoms with van der Waals surface area (Å²) in [6.07, 6.45) is 2.02. The van der Waals surface area contributed by atoms with Gasteiger partial charge in [-0.25, -0.2) is 4.79 Å². The van der Waals surface area contributed by atoms with E-state index in [1.54, 1.807) is 27.7 Å². The third kappa shape index (κ3) is 12.5. The first-order valence-electron chi connectivity index (χ1n) is 8.05. The van der Waals surface area contributed by atoms with Crippen LogP contribution < -0.4 is 5.32 Å². The van der Waals surface area contributed by atoms with Gasteiger partial charge in [-0.2, -0.15) is 0 Å². The molecule has 138 valence electrons. The van der Waals surface area contributed by atoms with Crippen molar-refractivity contribution in [2.24, 2.45) is 5.92 Å². The van der Waals surface area contributed by atoms with Crippen LogP contribution in [0.3, 0.4) is 0 Å². The maximum Gasteiger partial charge on any atom is 0.407 e. The molecule has 7 nitrogen and oxygen atoms in total. The minimum Gasteiger partial charge on any atom is -0.465 e. The average molecular weight is 343 g/mol. The summed E-state index contributed by atoms with van der Waals surface area (Å²) in [5.74, 6) is -1.06. The van der Waals surface area contributed by atoms with Crippen LogP contribution in [0.5, 0.6) is 0 Å². The van der Waals surface area contributed by atoms with Gasteiger partial charge in [0.25, 0.3) is 0 Å². The highest BCUT2D eigenvalue weighted by Crippen LogP contribution is 2.08. The second kappa shape index (κ2) is 11.5. The number of hydrogen-bond donors (Lipinski definition) is 1. The summed E-state index contributed by atoms with van der Waals surface area (Å²) in [6.45, 7) is 11.2. The van der Waals surface area contributed by atoms with Crippen LogP contribution in [0, 0.1) is 5.92 Å². The van der Waals surface area contributed by atoms with Crippen molar-refractivity contribution in [3.8, 4) is 0 Å². The first-order chi connectivity index (χ1) is 11.2. The molecule has 0 radical (unpaired) electrons. The van der Waals surface area contributed by atoms with Crippen molar-refractivity contribution in [3.05, 3.63) is 12.7 Å². The highest BCUT2D eigenvalue weighted by atomic mass is 16.6. The Balaban J connectivity index is 3.78. The van der Waals surface area contributed by atoms with Gasteiger partial charge in [0.15, 0.2) is 0 Å². The number of amides is 1. The van der Waals surface area contributed by atoms with Crippen LogP contribution in [0.4, 0.5) is 4.79 Å². The molecule has 0 spiro atoms. The molecule has 0 heterocycles. The highest BCUT2D eigenvalue weighted by Gasteiger charge is 2.18. The van der Waals surface area contributed by atoms with E-state index >= 15 is 0 Å². The lowest BCUT2D eigenvalue weighted by Gasteiger charge is -2.20. The molecule has 1 N–H and O–H groups in total. The van der Waals surface area contributed by atoms with E-state index in [0.717, 1.165) is 0 Å². The van der Waals surface area contributed by atoms with E-state index in [1.165, 1.54) is 6.08 Å². The Morgan fingerprint density at radius 3 is 2.46 bits per heavy atom. The molecule has 24 heavy (non-hydrogen) atoms. The van der Waals surface area contributed by atoms with E-state index in [2.05, 4.69) is 11.9 Å². The largest absolute Gasteiger partial charge is 0.465 e. The molecule has 0 rings (SSSR count). The van der Waals surface area contributed by atoms with Gasteiger partial charge in [0, 0.05) is 13.0 Å². The Morgan fingerprint density at radius 1 is 1.21 bits per heavy atom. The van der Waals surface area contributed by atoms with Crippen molar-refractivity contribution in [3.63, 3.8) is 0 Å². The summed E-state index contributed by atoms with van der Waals surface area (Å²) < 4.78 is 15.0. The van der Waals surface area contributed by atoms with Gasteiger partial charge in [-0.3, -0.25) is 9.59 Å². The van der Waals surface area contributed by atoms with Crippen molar-refractivity contribution < 1.29 is 28.6 Å². The molecule has 7 heteroatoms. The summed E-state index contributed by atoms with van der Waals surface area (Å²) in [6, 6.07) is 0. The molecule has 0 aromatic heterocycles.